The summed E-state index contributed by atoms with van der Waals surface area (Å²) >= 11 is 0. The highest BCUT2D eigenvalue weighted by Crippen LogP contribution is 2.25. The molecule has 174 valence electrons. The molecular formula is C25H24N4O4S. The van der Waals surface area contributed by atoms with Gasteiger partial charge in [0.1, 0.15) is 0 Å². The number of sulfonamides is 1. The van der Waals surface area contributed by atoms with Crippen molar-refractivity contribution < 1.29 is 17.7 Å². The van der Waals surface area contributed by atoms with Gasteiger partial charge in [-0.1, -0.05) is 50.2 Å². The summed E-state index contributed by atoms with van der Waals surface area (Å²) < 4.78 is 32.9. The second kappa shape index (κ2) is 9.11. The van der Waals surface area contributed by atoms with Gasteiger partial charge in [-0.05, 0) is 54.6 Å². The summed E-state index contributed by atoms with van der Waals surface area (Å²) in [4.78, 5) is 17.3. The van der Waals surface area contributed by atoms with Gasteiger partial charge in [0, 0.05) is 27.9 Å². The fourth-order valence-electron chi connectivity index (χ4n) is 3.09. The van der Waals surface area contributed by atoms with Crippen molar-refractivity contribution in [2.75, 3.05) is 10.0 Å². The van der Waals surface area contributed by atoms with Crippen LogP contribution in [0.2, 0.25) is 0 Å². The van der Waals surface area contributed by atoms with E-state index in [0.717, 1.165) is 5.56 Å². The van der Waals surface area contributed by atoms with E-state index in [2.05, 4.69) is 20.2 Å². The Bertz CT molecular complexity index is 1410. The summed E-state index contributed by atoms with van der Waals surface area (Å²) in [6.07, 6.45) is 0. The van der Waals surface area contributed by atoms with Crippen LogP contribution in [-0.2, 0) is 15.4 Å². The van der Waals surface area contributed by atoms with Crippen molar-refractivity contribution >= 4 is 27.3 Å². The zero-order chi connectivity index (χ0) is 24.3. The predicted molar refractivity (Wildman–Crippen MR) is 130 cm³/mol. The Morgan fingerprint density at radius 3 is 2.24 bits per heavy atom. The second-order valence-electron chi connectivity index (χ2n) is 8.70. The molecule has 0 saturated heterocycles. The number of aromatic nitrogens is 2. The van der Waals surface area contributed by atoms with Crippen molar-refractivity contribution in [3.05, 3.63) is 90.3 Å². The Kier molecular flexibility index (Phi) is 6.21. The van der Waals surface area contributed by atoms with Gasteiger partial charge >= 0.3 is 0 Å². The number of rotatable bonds is 6. The molecule has 4 aromatic rings. The monoisotopic (exact) mass is 476 g/mol. The van der Waals surface area contributed by atoms with Crippen LogP contribution in [0.1, 0.15) is 37.0 Å². The van der Waals surface area contributed by atoms with E-state index >= 15 is 0 Å². The highest BCUT2D eigenvalue weighted by molar-refractivity contribution is 7.92. The molecule has 1 aromatic heterocycles. The van der Waals surface area contributed by atoms with Crippen LogP contribution < -0.4 is 10.0 Å². The van der Waals surface area contributed by atoms with Crippen LogP contribution >= 0.6 is 0 Å². The van der Waals surface area contributed by atoms with Gasteiger partial charge in [-0.25, -0.2) is 8.42 Å². The van der Waals surface area contributed by atoms with Crippen LogP contribution in [0, 0.1) is 0 Å². The molecule has 0 fully saturated rings. The summed E-state index contributed by atoms with van der Waals surface area (Å²) in [5.41, 5.74) is 1.69. The molecule has 9 heteroatoms. The van der Waals surface area contributed by atoms with Crippen LogP contribution in [0.5, 0.6) is 0 Å². The lowest BCUT2D eigenvalue weighted by atomic mass is 9.97. The number of carbonyl (C=O) groups excluding carboxylic acids is 1. The molecule has 0 aliphatic carbocycles. The normalized spacial score (nSPS) is 11.7. The number of amides is 1. The van der Waals surface area contributed by atoms with E-state index in [0.29, 0.717) is 28.7 Å². The van der Waals surface area contributed by atoms with E-state index < -0.39 is 10.0 Å². The largest absolute Gasteiger partial charge is 0.338 e. The average molecular weight is 477 g/mol. The summed E-state index contributed by atoms with van der Waals surface area (Å²) in [5, 5.41) is 6.83. The molecule has 0 aliphatic heterocycles. The van der Waals surface area contributed by atoms with Crippen LogP contribution in [0.15, 0.2) is 88.3 Å². The maximum atomic E-state index is 12.7. The molecule has 0 atom stereocenters. The molecule has 0 bridgehead atoms. The third-order valence-corrected chi connectivity index (χ3v) is 6.30. The van der Waals surface area contributed by atoms with E-state index in [1.807, 2.05) is 20.8 Å². The quantitative estimate of drug-likeness (QED) is 0.401. The van der Waals surface area contributed by atoms with Gasteiger partial charge in [-0.3, -0.25) is 9.52 Å². The van der Waals surface area contributed by atoms with E-state index in [9.17, 15) is 13.2 Å². The highest BCUT2D eigenvalue weighted by atomic mass is 32.2. The third-order valence-electron chi connectivity index (χ3n) is 4.90. The minimum Gasteiger partial charge on any atom is -0.338 e. The molecular weight excluding hydrogens is 452 g/mol. The van der Waals surface area contributed by atoms with Gasteiger partial charge in [0.2, 0.25) is 11.7 Å². The first kappa shape index (κ1) is 23.2. The summed E-state index contributed by atoms with van der Waals surface area (Å²) in [6, 6.07) is 21.4. The molecule has 2 N–H and O–H groups in total. The first-order chi connectivity index (χ1) is 16.1. The van der Waals surface area contributed by atoms with Crippen molar-refractivity contribution in [1.29, 1.82) is 0 Å². The Morgan fingerprint density at radius 2 is 1.59 bits per heavy atom. The predicted octanol–water partition coefficient (Wildman–Crippen LogP) is 5.09. The van der Waals surface area contributed by atoms with Crippen LogP contribution in [0.25, 0.3) is 11.4 Å². The van der Waals surface area contributed by atoms with Crippen molar-refractivity contribution in [2.24, 2.45) is 0 Å². The molecule has 8 nitrogen and oxygen atoms in total. The SMILES string of the molecule is CC(C)(C)c1nc(-c2ccc(NC(=O)c3cccc(NS(=O)(=O)c4ccccc4)c3)cc2)no1. The molecule has 4 rings (SSSR count). The van der Waals surface area contributed by atoms with Gasteiger partial charge in [-0.15, -0.1) is 0 Å². The van der Waals surface area contributed by atoms with Crippen molar-refractivity contribution in [3.8, 4) is 11.4 Å². The second-order valence-corrected chi connectivity index (χ2v) is 10.4. The van der Waals surface area contributed by atoms with Gasteiger partial charge < -0.3 is 9.84 Å². The molecule has 0 radical (unpaired) electrons. The minimum atomic E-state index is -3.75. The number of hydrogen-bond donors (Lipinski definition) is 2. The van der Waals surface area contributed by atoms with Crippen molar-refractivity contribution in [3.63, 3.8) is 0 Å². The molecule has 0 aliphatic rings. The summed E-state index contributed by atoms with van der Waals surface area (Å²) in [5.74, 6) is 0.645. The molecule has 3 aromatic carbocycles. The lowest BCUT2D eigenvalue weighted by Crippen LogP contribution is -2.15. The molecule has 1 amide bonds. The maximum absolute atomic E-state index is 12.7. The Morgan fingerprint density at radius 1 is 0.882 bits per heavy atom. The van der Waals surface area contributed by atoms with Gasteiger partial charge in [-0.2, -0.15) is 4.98 Å². The molecule has 0 spiro atoms. The summed E-state index contributed by atoms with van der Waals surface area (Å²) in [7, 11) is -3.75. The lowest BCUT2D eigenvalue weighted by molar-refractivity contribution is 0.102. The zero-order valence-electron chi connectivity index (χ0n) is 18.9. The van der Waals surface area contributed by atoms with E-state index in [-0.39, 0.29) is 16.2 Å². The van der Waals surface area contributed by atoms with Crippen LogP contribution in [0.4, 0.5) is 11.4 Å². The molecule has 34 heavy (non-hydrogen) atoms. The Labute approximate surface area is 198 Å². The smallest absolute Gasteiger partial charge is 0.261 e. The zero-order valence-corrected chi connectivity index (χ0v) is 19.8. The topological polar surface area (TPSA) is 114 Å². The summed E-state index contributed by atoms with van der Waals surface area (Å²) in [6.45, 7) is 5.97. The number of carbonyl (C=O) groups is 1. The van der Waals surface area contributed by atoms with Gasteiger partial charge in [0.15, 0.2) is 0 Å². The fourth-order valence-corrected chi connectivity index (χ4v) is 4.16. The van der Waals surface area contributed by atoms with Gasteiger partial charge in [0.25, 0.3) is 15.9 Å². The maximum Gasteiger partial charge on any atom is 0.261 e. The Hall–Kier alpha value is -3.98. The molecule has 0 saturated carbocycles. The van der Waals surface area contributed by atoms with Crippen LogP contribution in [-0.4, -0.2) is 24.5 Å². The number of benzene rings is 3. The van der Waals surface area contributed by atoms with Crippen LogP contribution in [0.3, 0.4) is 0 Å². The van der Waals surface area contributed by atoms with E-state index in [1.165, 1.54) is 18.2 Å². The first-order valence-electron chi connectivity index (χ1n) is 10.6. The number of anilines is 2. The van der Waals surface area contributed by atoms with Crippen molar-refractivity contribution in [2.45, 2.75) is 31.1 Å². The molecule has 0 unspecified atom stereocenters. The number of hydrogen-bond acceptors (Lipinski definition) is 6. The molecule has 1 heterocycles. The lowest BCUT2D eigenvalue weighted by Gasteiger charge is -2.10. The van der Waals surface area contributed by atoms with Crippen molar-refractivity contribution in [1.82, 2.24) is 10.1 Å². The number of nitrogens with one attached hydrogen (secondary N) is 2. The third kappa shape index (κ3) is 5.32. The standard InChI is InChI=1S/C25H24N4O4S/c1-25(2,3)24-27-22(28-33-24)17-12-14-19(15-13-17)26-23(30)18-8-7-9-20(16-18)29-34(31,32)21-10-5-4-6-11-21/h4-16,29H,1-3H3,(H,26,30). The average Bonchev–Trinajstić information content (AvgIpc) is 3.31. The highest BCUT2D eigenvalue weighted by Gasteiger charge is 2.22. The minimum absolute atomic E-state index is 0.140. The fraction of sp³-hybridized carbons (Fsp3) is 0.160. The Balaban J connectivity index is 1.45. The number of nitrogens with zero attached hydrogens (tertiary/aromatic N) is 2. The van der Waals surface area contributed by atoms with Gasteiger partial charge in [0.05, 0.1) is 4.90 Å². The van der Waals surface area contributed by atoms with E-state index in [4.69, 9.17) is 4.52 Å². The first-order valence-corrected chi connectivity index (χ1v) is 12.0. The van der Waals surface area contributed by atoms with E-state index in [1.54, 1.807) is 60.7 Å².